The van der Waals surface area contributed by atoms with Crippen molar-refractivity contribution < 1.29 is 18.0 Å². The molecule has 3 aromatic rings. The van der Waals surface area contributed by atoms with Gasteiger partial charge in [0, 0.05) is 11.3 Å². The van der Waals surface area contributed by atoms with E-state index >= 15 is 0 Å². The van der Waals surface area contributed by atoms with Crippen molar-refractivity contribution in [3.8, 4) is 0 Å². The summed E-state index contributed by atoms with van der Waals surface area (Å²) >= 11 is 7.75. The van der Waals surface area contributed by atoms with Crippen molar-refractivity contribution in [3.63, 3.8) is 0 Å². The number of benzene rings is 1. The Kier molecular flexibility index (Phi) is 5.26. The summed E-state index contributed by atoms with van der Waals surface area (Å²) < 4.78 is 42.0. The number of halogens is 4. The number of nitrogens with one attached hydrogen (secondary N) is 2. The number of hydrogen-bond donors (Lipinski definition) is 2. The van der Waals surface area contributed by atoms with Crippen LogP contribution in [-0.4, -0.2) is 21.9 Å². The number of carbonyl (C=O) groups excluding carboxylic acids is 1. The van der Waals surface area contributed by atoms with E-state index in [0.29, 0.717) is 5.56 Å². The highest BCUT2D eigenvalue weighted by Crippen LogP contribution is 2.46. The van der Waals surface area contributed by atoms with Gasteiger partial charge in [0.2, 0.25) is 0 Å². The van der Waals surface area contributed by atoms with Crippen molar-refractivity contribution in [2.75, 3.05) is 5.32 Å². The predicted molar refractivity (Wildman–Crippen MR) is 105 cm³/mol. The standard InChI is InChI=1S/C19H16ClF3N4OS/c20-15-16(18(28)24-10-12-7-4-8-29-12)26-27-14(19(21,22)23)9-13(25-17(15)27)11-5-2-1-3-6-11/h1-8,13-14,25H,9-10H2,(H,24,28). The van der Waals surface area contributed by atoms with E-state index in [1.807, 2.05) is 17.5 Å². The van der Waals surface area contributed by atoms with Gasteiger partial charge >= 0.3 is 6.18 Å². The molecular formula is C19H16ClF3N4OS. The van der Waals surface area contributed by atoms with E-state index < -0.39 is 24.2 Å². The molecule has 2 atom stereocenters. The van der Waals surface area contributed by atoms with E-state index in [2.05, 4.69) is 15.7 Å². The Hall–Kier alpha value is -2.52. The molecule has 152 valence electrons. The zero-order valence-corrected chi connectivity index (χ0v) is 16.5. The molecule has 0 fully saturated rings. The molecule has 2 aromatic heterocycles. The molecule has 0 aliphatic carbocycles. The molecule has 1 aliphatic heterocycles. The van der Waals surface area contributed by atoms with Gasteiger partial charge in [0.25, 0.3) is 5.91 Å². The summed E-state index contributed by atoms with van der Waals surface area (Å²) in [6.07, 6.45) is -4.79. The van der Waals surface area contributed by atoms with Crippen LogP contribution in [-0.2, 0) is 6.54 Å². The molecule has 3 heterocycles. The SMILES string of the molecule is O=C(NCc1cccs1)c1nn2c(c1Cl)NC(c1ccccc1)CC2C(F)(F)F. The fourth-order valence-corrected chi connectivity index (χ4v) is 4.21. The molecule has 2 N–H and O–H groups in total. The molecule has 1 amide bonds. The maximum absolute atomic E-state index is 13.8. The second-order valence-corrected chi connectivity index (χ2v) is 8.03. The van der Waals surface area contributed by atoms with Gasteiger partial charge in [-0.05, 0) is 17.0 Å². The summed E-state index contributed by atoms with van der Waals surface area (Å²) in [6.45, 7) is 0.248. The Labute approximate surface area is 173 Å². The second kappa shape index (κ2) is 7.72. The highest BCUT2D eigenvalue weighted by molar-refractivity contribution is 7.09. The number of nitrogens with zero attached hydrogens (tertiary/aromatic N) is 2. The number of aromatic nitrogens is 2. The highest BCUT2D eigenvalue weighted by atomic mass is 35.5. The van der Waals surface area contributed by atoms with Crippen molar-refractivity contribution >= 4 is 34.7 Å². The number of hydrogen-bond acceptors (Lipinski definition) is 4. The molecule has 10 heteroatoms. The average molecular weight is 441 g/mol. The van der Waals surface area contributed by atoms with Crippen molar-refractivity contribution in [1.82, 2.24) is 15.1 Å². The Balaban J connectivity index is 1.65. The summed E-state index contributed by atoms with van der Waals surface area (Å²) in [4.78, 5) is 13.4. The molecular weight excluding hydrogens is 425 g/mol. The molecule has 5 nitrogen and oxygen atoms in total. The molecule has 4 rings (SSSR count). The molecule has 0 spiro atoms. The van der Waals surface area contributed by atoms with Crippen molar-refractivity contribution in [1.29, 1.82) is 0 Å². The van der Waals surface area contributed by atoms with Crippen LogP contribution in [0.4, 0.5) is 19.0 Å². The average Bonchev–Trinajstić information content (AvgIpc) is 3.33. The molecule has 0 saturated carbocycles. The Morgan fingerprint density at radius 2 is 2.03 bits per heavy atom. The van der Waals surface area contributed by atoms with Crippen molar-refractivity contribution in [3.05, 3.63) is 69.0 Å². The first-order valence-corrected chi connectivity index (χ1v) is 10.1. The largest absolute Gasteiger partial charge is 0.410 e. The van der Waals surface area contributed by atoms with Gasteiger partial charge in [-0.1, -0.05) is 48.0 Å². The second-order valence-electron chi connectivity index (χ2n) is 6.62. The molecule has 29 heavy (non-hydrogen) atoms. The normalized spacial score (nSPS) is 18.8. The number of amides is 1. The van der Waals surface area contributed by atoms with E-state index in [0.717, 1.165) is 9.56 Å². The minimum Gasteiger partial charge on any atom is -0.362 e. The van der Waals surface area contributed by atoms with Gasteiger partial charge in [-0.25, -0.2) is 4.68 Å². The van der Waals surface area contributed by atoms with E-state index in [4.69, 9.17) is 11.6 Å². The Morgan fingerprint density at radius 1 is 1.28 bits per heavy atom. The smallest absolute Gasteiger partial charge is 0.362 e. The highest BCUT2D eigenvalue weighted by Gasteiger charge is 2.47. The third-order valence-corrected chi connectivity index (χ3v) is 5.95. The first-order valence-electron chi connectivity index (χ1n) is 8.81. The summed E-state index contributed by atoms with van der Waals surface area (Å²) in [6, 6.07) is 10.0. The molecule has 0 bridgehead atoms. The van der Waals surface area contributed by atoms with Crippen LogP contribution in [0.3, 0.4) is 0 Å². The fourth-order valence-electron chi connectivity index (χ4n) is 3.30. The van der Waals surface area contributed by atoms with Crippen LogP contribution in [0, 0.1) is 0 Å². The van der Waals surface area contributed by atoms with Crippen LogP contribution < -0.4 is 10.6 Å². The fraction of sp³-hybridized carbons (Fsp3) is 0.263. The van der Waals surface area contributed by atoms with Crippen LogP contribution >= 0.6 is 22.9 Å². The van der Waals surface area contributed by atoms with E-state index in [-0.39, 0.29) is 29.5 Å². The molecule has 1 aliphatic rings. The minimum atomic E-state index is -4.54. The summed E-state index contributed by atoms with van der Waals surface area (Å²) in [5.41, 5.74) is 0.475. The maximum atomic E-state index is 13.8. The van der Waals surface area contributed by atoms with Gasteiger partial charge in [0.1, 0.15) is 10.8 Å². The zero-order chi connectivity index (χ0) is 20.6. The number of anilines is 1. The monoisotopic (exact) mass is 440 g/mol. The summed E-state index contributed by atoms with van der Waals surface area (Å²) in [5.74, 6) is -0.625. The topological polar surface area (TPSA) is 59.0 Å². The molecule has 0 radical (unpaired) electrons. The van der Waals surface area contributed by atoms with Crippen LogP contribution in [0.1, 0.15) is 39.4 Å². The van der Waals surface area contributed by atoms with Gasteiger partial charge < -0.3 is 10.6 Å². The third kappa shape index (κ3) is 3.97. The predicted octanol–water partition coefficient (Wildman–Crippen LogP) is 5.19. The lowest BCUT2D eigenvalue weighted by Crippen LogP contribution is -2.35. The quantitative estimate of drug-likeness (QED) is 0.587. The first kappa shape index (κ1) is 19.8. The molecule has 2 unspecified atom stereocenters. The van der Waals surface area contributed by atoms with E-state index in [1.165, 1.54) is 11.3 Å². The maximum Gasteiger partial charge on any atom is 0.410 e. The van der Waals surface area contributed by atoms with Gasteiger partial charge in [0.05, 0.1) is 12.6 Å². The molecule has 1 aromatic carbocycles. The van der Waals surface area contributed by atoms with Gasteiger partial charge in [-0.15, -0.1) is 11.3 Å². The van der Waals surface area contributed by atoms with Gasteiger partial charge in [-0.3, -0.25) is 4.79 Å². The van der Waals surface area contributed by atoms with E-state index in [1.54, 1.807) is 30.3 Å². The van der Waals surface area contributed by atoms with E-state index in [9.17, 15) is 18.0 Å². The van der Waals surface area contributed by atoms with Crippen LogP contribution in [0.25, 0.3) is 0 Å². The first-order chi connectivity index (χ1) is 13.8. The number of thiophene rings is 1. The Bertz CT molecular complexity index is 1000. The lowest BCUT2D eigenvalue weighted by atomic mass is 9.97. The van der Waals surface area contributed by atoms with Crippen LogP contribution in [0.2, 0.25) is 5.02 Å². The van der Waals surface area contributed by atoms with Crippen molar-refractivity contribution in [2.45, 2.75) is 31.2 Å². The van der Waals surface area contributed by atoms with Crippen LogP contribution in [0.15, 0.2) is 47.8 Å². The Morgan fingerprint density at radius 3 is 2.69 bits per heavy atom. The van der Waals surface area contributed by atoms with Gasteiger partial charge in [0.15, 0.2) is 11.7 Å². The van der Waals surface area contributed by atoms with Crippen molar-refractivity contribution in [2.24, 2.45) is 0 Å². The number of carbonyl (C=O) groups is 1. The number of rotatable bonds is 4. The summed E-state index contributed by atoms with van der Waals surface area (Å²) in [7, 11) is 0. The number of fused-ring (bicyclic) bond motifs is 1. The third-order valence-electron chi connectivity index (χ3n) is 4.72. The zero-order valence-electron chi connectivity index (χ0n) is 14.9. The lowest BCUT2D eigenvalue weighted by Gasteiger charge is -2.33. The van der Waals surface area contributed by atoms with Gasteiger partial charge in [-0.2, -0.15) is 18.3 Å². The molecule has 0 saturated heterocycles. The number of alkyl halides is 3. The lowest BCUT2D eigenvalue weighted by molar-refractivity contribution is -0.173. The van der Waals surface area contributed by atoms with Crippen LogP contribution in [0.5, 0.6) is 0 Å². The minimum absolute atomic E-state index is 0.00429. The summed E-state index contributed by atoms with van der Waals surface area (Å²) in [5, 5.41) is 11.3.